The Hall–Kier alpha value is -1.76. The van der Waals surface area contributed by atoms with Gasteiger partial charge in [0.25, 0.3) is 0 Å². The van der Waals surface area contributed by atoms with Crippen LogP contribution in [-0.4, -0.2) is 39.7 Å². The summed E-state index contributed by atoms with van der Waals surface area (Å²) in [6, 6.07) is 6.27. The van der Waals surface area contributed by atoms with Crippen LogP contribution in [0.25, 0.3) is 0 Å². The number of hydrogen-bond acceptors (Lipinski definition) is 5. The monoisotopic (exact) mass is 281 g/mol. The lowest BCUT2D eigenvalue weighted by Crippen LogP contribution is -2.19. The maximum absolute atomic E-state index is 11.4. The summed E-state index contributed by atoms with van der Waals surface area (Å²) < 4.78 is 0. The zero-order valence-electron chi connectivity index (χ0n) is 11.2. The number of nitrogens with one attached hydrogen (secondary N) is 1. The number of Topliss-reactive ketones (excluding diaryl/α,β-unsaturated/α-hetero) is 1. The quantitative estimate of drug-likeness (QED) is 0.541. The number of anilines is 1. The Bertz CT molecular complexity index is 457. The highest BCUT2D eigenvalue weighted by Gasteiger charge is 2.17. The van der Waals surface area contributed by atoms with Gasteiger partial charge in [-0.2, -0.15) is 0 Å². The van der Waals surface area contributed by atoms with E-state index in [1.54, 1.807) is 24.3 Å². The molecule has 0 saturated heterocycles. The van der Waals surface area contributed by atoms with Gasteiger partial charge in [0.2, 0.25) is 5.91 Å². The lowest BCUT2D eigenvalue weighted by atomic mass is 10.0. The molecule has 0 saturated carbocycles. The number of ketones is 1. The fourth-order valence-electron chi connectivity index (χ4n) is 1.71. The number of carbonyl (C=O) groups excluding carboxylic acids is 2. The van der Waals surface area contributed by atoms with Crippen LogP contribution < -0.4 is 5.32 Å². The summed E-state index contributed by atoms with van der Waals surface area (Å²) in [6.07, 6.45) is -2.24. The number of amides is 1. The van der Waals surface area contributed by atoms with Crippen LogP contribution in [0.1, 0.15) is 31.4 Å². The van der Waals surface area contributed by atoms with Gasteiger partial charge in [-0.05, 0) is 31.0 Å². The minimum absolute atomic E-state index is 0.0816. The van der Waals surface area contributed by atoms with Gasteiger partial charge >= 0.3 is 0 Å². The van der Waals surface area contributed by atoms with Crippen LogP contribution in [0.15, 0.2) is 24.3 Å². The number of rotatable bonds is 7. The van der Waals surface area contributed by atoms with E-state index in [9.17, 15) is 19.8 Å². The highest BCUT2D eigenvalue weighted by molar-refractivity contribution is 6.03. The van der Waals surface area contributed by atoms with Crippen molar-refractivity contribution in [2.75, 3.05) is 11.9 Å². The first-order chi connectivity index (χ1) is 9.43. The molecule has 6 heteroatoms. The van der Waals surface area contributed by atoms with E-state index in [0.717, 1.165) is 0 Å². The van der Waals surface area contributed by atoms with E-state index in [0.29, 0.717) is 11.3 Å². The Morgan fingerprint density at radius 3 is 2.30 bits per heavy atom. The maximum atomic E-state index is 11.4. The molecule has 0 radical (unpaired) electrons. The number of benzene rings is 1. The largest absolute Gasteiger partial charge is 0.396 e. The van der Waals surface area contributed by atoms with Crippen molar-refractivity contribution in [2.24, 2.45) is 0 Å². The molecule has 1 amide bonds. The Morgan fingerprint density at radius 1 is 1.20 bits per heavy atom. The Balaban J connectivity index is 2.64. The van der Waals surface area contributed by atoms with E-state index in [1.807, 2.05) is 0 Å². The Morgan fingerprint density at radius 2 is 1.80 bits per heavy atom. The van der Waals surface area contributed by atoms with Gasteiger partial charge in [0, 0.05) is 12.3 Å². The fourth-order valence-corrected chi connectivity index (χ4v) is 1.71. The summed E-state index contributed by atoms with van der Waals surface area (Å²) in [5.74, 6) is -0.618. The zero-order valence-corrected chi connectivity index (χ0v) is 11.2. The number of aliphatic hydroxyl groups excluding tert-OH is 3. The van der Waals surface area contributed by atoms with Gasteiger partial charge < -0.3 is 20.6 Å². The number of aliphatic hydroxyl groups is 3. The molecular formula is C14H19NO5. The molecule has 6 nitrogen and oxygen atoms in total. The normalized spacial score (nSPS) is 13.6. The number of carbonyl (C=O) groups is 2. The topological polar surface area (TPSA) is 107 Å². The second-order valence-corrected chi connectivity index (χ2v) is 4.57. The van der Waals surface area contributed by atoms with Crippen molar-refractivity contribution in [3.63, 3.8) is 0 Å². The van der Waals surface area contributed by atoms with E-state index < -0.39 is 18.1 Å². The third kappa shape index (κ3) is 5.08. The third-order valence-corrected chi connectivity index (χ3v) is 2.73. The van der Waals surface area contributed by atoms with E-state index >= 15 is 0 Å². The molecule has 1 aromatic carbocycles. The summed E-state index contributed by atoms with van der Waals surface area (Å²) in [5, 5.41) is 30.6. The molecule has 1 rings (SSSR count). The van der Waals surface area contributed by atoms with E-state index in [2.05, 4.69) is 5.32 Å². The minimum Gasteiger partial charge on any atom is -0.396 e. The first-order valence-electron chi connectivity index (χ1n) is 6.30. The molecule has 0 aliphatic carbocycles. The van der Waals surface area contributed by atoms with Crippen molar-refractivity contribution in [3.8, 4) is 0 Å². The summed E-state index contributed by atoms with van der Waals surface area (Å²) in [7, 11) is 0. The summed E-state index contributed by atoms with van der Waals surface area (Å²) in [6.45, 7) is 1.12. The van der Waals surface area contributed by atoms with Crippen LogP contribution in [0.4, 0.5) is 5.69 Å². The predicted octanol–water partition coefficient (Wildman–Crippen LogP) is 0.381. The molecular weight excluding hydrogens is 262 g/mol. The SMILES string of the molecule is CC(=O)CC(=O)Nc1ccc(C(O)C(O)CCO)cc1. The summed E-state index contributed by atoms with van der Waals surface area (Å²) >= 11 is 0. The molecule has 0 fully saturated rings. The standard InChI is InChI=1S/C14H19NO5/c1-9(17)8-13(19)15-11-4-2-10(3-5-11)14(20)12(18)6-7-16/h2-5,12,14,16,18,20H,6-8H2,1H3,(H,15,19). The van der Waals surface area contributed by atoms with E-state index in [4.69, 9.17) is 5.11 Å². The molecule has 0 aliphatic rings. The van der Waals surface area contributed by atoms with Crippen LogP contribution in [0.5, 0.6) is 0 Å². The first kappa shape index (κ1) is 16.3. The molecule has 2 unspecified atom stereocenters. The van der Waals surface area contributed by atoms with Crippen molar-refractivity contribution in [3.05, 3.63) is 29.8 Å². The molecule has 20 heavy (non-hydrogen) atoms. The van der Waals surface area contributed by atoms with Crippen LogP contribution in [0, 0.1) is 0 Å². The predicted molar refractivity (Wildman–Crippen MR) is 73.0 cm³/mol. The molecule has 0 aromatic heterocycles. The zero-order chi connectivity index (χ0) is 15.1. The lowest BCUT2D eigenvalue weighted by molar-refractivity contribution is -0.124. The second kappa shape index (κ2) is 7.74. The lowest BCUT2D eigenvalue weighted by Gasteiger charge is -2.17. The molecule has 1 aromatic rings. The summed E-state index contributed by atoms with van der Waals surface area (Å²) in [4.78, 5) is 22.2. The average Bonchev–Trinajstić information content (AvgIpc) is 2.38. The Kier molecular flexibility index (Phi) is 6.30. The Labute approximate surface area is 117 Å². The minimum atomic E-state index is -1.09. The van der Waals surface area contributed by atoms with E-state index in [-0.39, 0.29) is 25.2 Å². The van der Waals surface area contributed by atoms with E-state index in [1.165, 1.54) is 6.92 Å². The van der Waals surface area contributed by atoms with Gasteiger partial charge in [-0.3, -0.25) is 9.59 Å². The third-order valence-electron chi connectivity index (χ3n) is 2.73. The van der Waals surface area contributed by atoms with Gasteiger partial charge in [-0.1, -0.05) is 12.1 Å². The van der Waals surface area contributed by atoms with Crippen LogP contribution in [0.2, 0.25) is 0 Å². The van der Waals surface area contributed by atoms with Crippen LogP contribution >= 0.6 is 0 Å². The van der Waals surface area contributed by atoms with Crippen molar-refractivity contribution < 1.29 is 24.9 Å². The molecule has 110 valence electrons. The summed E-state index contributed by atoms with van der Waals surface area (Å²) in [5.41, 5.74) is 0.986. The highest BCUT2D eigenvalue weighted by atomic mass is 16.3. The van der Waals surface area contributed by atoms with Crippen molar-refractivity contribution in [2.45, 2.75) is 32.0 Å². The van der Waals surface area contributed by atoms with Gasteiger partial charge in [-0.15, -0.1) is 0 Å². The maximum Gasteiger partial charge on any atom is 0.231 e. The molecule has 0 aliphatic heterocycles. The van der Waals surface area contributed by atoms with Gasteiger partial charge in [0.05, 0.1) is 12.5 Å². The highest BCUT2D eigenvalue weighted by Crippen LogP contribution is 2.20. The molecule has 4 N–H and O–H groups in total. The molecule has 0 spiro atoms. The van der Waals surface area contributed by atoms with Crippen LogP contribution in [-0.2, 0) is 9.59 Å². The first-order valence-corrected chi connectivity index (χ1v) is 6.30. The number of hydrogen-bond donors (Lipinski definition) is 4. The van der Waals surface area contributed by atoms with Gasteiger partial charge in [0.1, 0.15) is 11.9 Å². The van der Waals surface area contributed by atoms with Gasteiger partial charge in [0.15, 0.2) is 0 Å². The second-order valence-electron chi connectivity index (χ2n) is 4.57. The molecule has 2 atom stereocenters. The van der Waals surface area contributed by atoms with Crippen molar-refractivity contribution >= 4 is 17.4 Å². The van der Waals surface area contributed by atoms with Crippen molar-refractivity contribution in [1.29, 1.82) is 0 Å². The fraction of sp³-hybridized carbons (Fsp3) is 0.429. The van der Waals surface area contributed by atoms with Gasteiger partial charge in [-0.25, -0.2) is 0 Å². The van der Waals surface area contributed by atoms with Crippen LogP contribution in [0.3, 0.4) is 0 Å². The molecule has 0 heterocycles. The smallest absolute Gasteiger partial charge is 0.231 e. The average molecular weight is 281 g/mol. The van der Waals surface area contributed by atoms with Crippen molar-refractivity contribution in [1.82, 2.24) is 0 Å². The molecule has 0 bridgehead atoms.